The van der Waals surface area contributed by atoms with Crippen molar-refractivity contribution >= 4 is 28.8 Å². The second-order valence-electron chi connectivity index (χ2n) is 7.69. The lowest BCUT2D eigenvalue weighted by Crippen LogP contribution is -2.10. The first kappa shape index (κ1) is 26.2. The second kappa shape index (κ2) is 11.9. The van der Waals surface area contributed by atoms with E-state index in [1.54, 1.807) is 50.2 Å². The molecule has 0 fully saturated rings. The lowest BCUT2D eigenvalue weighted by atomic mass is 10.3. The molecule has 0 bridgehead atoms. The molecule has 0 spiro atoms. The van der Waals surface area contributed by atoms with Crippen LogP contribution in [0.15, 0.2) is 124 Å². The highest BCUT2D eigenvalue weighted by Crippen LogP contribution is 2.34. The Morgan fingerprint density at radius 1 is 0.611 bits per heavy atom. The molecule has 6 nitrogen and oxygen atoms in total. The Morgan fingerprint density at radius 2 is 0.917 bits per heavy atom. The van der Waals surface area contributed by atoms with E-state index in [1.807, 2.05) is 36.4 Å². The van der Waals surface area contributed by atoms with Gasteiger partial charge in [0, 0.05) is 17.2 Å². The van der Waals surface area contributed by atoms with Crippen LogP contribution in [0.5, 0.6) is 17.2 Å². The minimum atomic E-state index is -0.574. The Hall–Kier alpha value is -4.36. The van der Waals surface area contributed by atoms with E-state index < -0.39 is 28.8 Å². The molecule has 0 N–H and O–H groups in total. The second-order valence-corrected chi connectivity index (χ2v) is 9.71. The average Bonchev–Trinajstić information content (AvgIpc) is 2.87. The van der Waals surface area contributed by atoms with Gasteiger partial charge in [0.15, 0.2) is 14.7 Å². The molecular weight excluding hydrogens is 476 g/mol. The number of ether oxygens (including phenoxy) is 3. The fourth-order valence-corrected chi connectivity index (χ4v) is 4.93. The molecule has 3 aromatic carbocycles. The van der Waals surface area contributed by atoms with Crippen LogP contribution in [0.2, 0.25) is 0 Å². The van der Waals surface area contributed by atoms with Crippen LogP contribution in [0.1, 0.15) is 13.8 Å². The lowest BCUT2D eigenvalue weighted by Gasteiger charge is -2.11. The molecule has 0 radical (unpaired) electrons. The minimum Gasteiger partial charge on any atom is -0.423 e. The molecule has 182 valence electrons. The van der Waals surface area contributed by atoms with Gasteiger partial charge in [0.2, 0.25) is 0 Å². The highest BCUT2D eigenvalue weighted by atomic mass is 32.2. The summed E-state index contributed by atoms with van der Waals surface area (Å²) in [5.74, 6) is -0.316. The first-order valence-electron chi connectivity index (χ1n) is 10.8. The van der Waals surface area contributed by atoms with Crippen LogP contribution in [-0.4, -0.2) is 17.9 Å². The maximum absolute atomic E-state index is 11.9. The summed E-state index contributed by atoms with van der Waals surface area (Å²) in [6.07, 6.45) is 1.10. The third-order valence-electron chi connectivity index (χ3n) is 4.68. The Bertz CT molecular complexity index is 1230. The van der Waals surface area contributed by atoms with Crippen LogP contribution in [-0.2, 0) is 25.3 Å². The summed E-state index contributed by atoms with van der Waals surface area (Å²) >= 11 is 0. The van der Waals surface area contributed by atoms with Gasteiger partial charge < -0.3 is 14.2 Å². The molecule has 3 rings (SSSR count). The Balaban J connectivity index is 1.95. The summed E-state index contributed by atoms with van der Waals surface area (Å²) in [5, 5.41) is 0. The monoisotopic (exact) mass is 501 g/mol. The third kappa shape index (κ3) is 6.84. The zero-order valence-electron chi connectivity index (χ0n) is 20.0. The maximum atomic E-state index is 11.9. The van der Waals surface area contributed by atoms with Crippen LogP contribution in [0.4, 0.5) is 0 Å². The molecule has 0 heterocycles. The molecule has 7 heteroatoms. The Kier molecular flexibility index (Phi) is 8.65. The summed E-state index contributed by atoms with van der Waals surface area (Å²) < 4.78 is 15.8. The van der Waals surface area contributed by atoms with Crippen LogP contribution < -0.4 is 14.2 Å². The summed E-state index contributed by atoms with van der Waals surface area (Å²) in [6, 6.07) is 21.6. The Labute approximate surface area is 212 Å². The predicted octanol–water partition coefficient (Wildman–Crippen LogP) is 5.84. The largest absolute Gasteiger partial charge is 0.423 e. The average molecular weight is 502 g/mol. The van der Waals surface area contributed by atoms with Crippen molar-refractivity contribution in [3.05, 3.63) is 110 Å². The van der Waals surface area contributed by atoms with Crippen molar-refractivity contribution < 1.29 is 28.6 Å². The zero-order valence-corrected chi connectivity index (χ0v) is 20.8. The fraction of sp³-hybridized carbons (Fsp3) is 0.0690. The fourth-order valence-electron chi connectivity index (χ4n) is 2.89. The molecule has 0 unspecified atom stereocenters. The first-order chi connectivity index (χ1) is 17.2. The summed E-state index contributed by atoms with van der Waals surface area (Å²) in [4.78, 5) is 38.1. The molecule has 0 saturated heterocycles. The molecular formula is C29H25O6S+. The number of carbonyl (C=O) groups is 3. The molecule has 0 aromatic heterocycles. The SMILES string of the molecule is C=CC(=O)Oc1ccc([S+](c2ccc(OC(=O)C(=C)C)cc2)c2ccc(OC(=O)C(=C)C)cc2)cc1. The van der Waals surface area contributed by atoms with Crippen molar-refractivity contribution in [2.45, 2.75) is 28.5 Å². The highest BCUT2D eigenvalue weighted by Gasteiger charge is 2.29. The van der Waals surface area contributed by atoms with E-state index in [4.69, 9.17) is 14.2 Å². The molecule has 0 aliphatic carbocycles. The van der Waals surface area contributed by atoms with Crippen molar-refractivity contribution in [3.63, 3.8) is 0 Å². The van der Waals surface area contributed by atoms with Crippen LogP contribution >= 0.6 is 0 Å². The van der Waals surface area contributed by atoms with Crippen molar-refractivity contribution in [2.75, 3.05) is 0 Å². The van der Waals surface area contributed by atoms with Gasteiger partial charge in [-0.05, 0) is 86.6 Å². The number of hydrogen-bond acceptors (Lipinski definition) is 6. The van der Waals surface area contributed by atoms with Crippen LogP contribution in [0.25, 0.3) is 0 Å². The van der Waals surface area contributed by atoms with Gasteiger partial charge in [-0.25, -0.2) is 14.4 Å². The molecule has 0 aliphatic rings. The predicted molar refractivity (Wildman–Crippen MR) is 138 cm³/mol. The van der Waals surface area contributed by atoms with Gasteiger partial charge >= 0.3 is 17.9 Å². The third-order valence-corrected chi connectivity index (χ3v) is 6.91. The molecule has 0 aliphatic heterocycles. The smallest absolute Gasteiger partial charge is 0.338 e. The van der Waals surface area contributed by atoms with Crippen LogP contribution in [0, 0.1) is 0 Å². The summed E-state index contributed by atoms with van der Waals surface area (Å²) in [7, 11) is -0.574. The van der Waals surface area contributed by atoms with E-state index in [0.717, 1.165) is 20.8 Å². The van der Waals surface area contributed by atoms with Gasteiger partial charge in [-0.1, -0.05) is 19.7 Å². The van der Waals surface area contributed by atoms with Crippen molar-refractivity contribution in [3.8, 4) is 17.2 Å². The molecule has 0 atom stereocenters. The van der Waals surface area contributed by atoms with Crippen molar-refractivity contribution in [1.29, 1.82) is 0 Å². The summed E-state index contributed by atoms with van der Waals surface area (Å²) in [6.45, 7) is 13.8. The first-order valence-corrected chi connectivity index (χ1v) is 12.0. The van der Waals surface area contributed by atoms with Gasteiger partial charge in [0.05, 0.1) is 10.9 Å². The van der Waals surface area contributed by atoms with E-state index in [1.165, 1.54) is 0 Å². The highest BCUT2D eigenvalue weighted by molar-refractivity contribution is 7.97. The number of rotatable bonds is 9. The Morgan fingerprint density at radius 3 is 1.19 bits per heavy atom. The number of benzene rings is 3. The molecule has 36 heavy (non-hydrogen) atoms. The van der Waals surface area contributed by atoms with E-state index in [9.17, 15) is 14.4 Å². The van der Waals surface area contributed by atoms with E-state index >= 15 is 0 Å². The summed E-state index contributed by atoms with van der Waals surface area (Å²) in [5.41, 5.74) is 0.618. The standard InChI is InChI=1S/C29H25O6S/c1-6-27(30)33-21-7-13-24(14-8-21)36(25-15-9-22(10-16-25)34-28(31)19(2)3)26-17-11-23(12-18-26)35-29(32)20(4)5/h6-18H,1-2,4H2,3,5H3/q+1. The quantitative estimate of drug-likeness (QED) is 0.159. The van der Waals surface area contributed by atoms with Crippen molar-refractivity contribution in [2.24, 2.45) is 0 Å². The maximum Gasteiger partial charge on any atom is 0.338 e. The minimum absolute atomic E-state index is 0.309. The van der Waals surface area contributed by atoms with Gasteiger partial charge in [-0.3, -0.25) is 0 Å². The van der Waals surface area contributed by atoms with Gasteiger partial charge in [-0.15, -0.1) is 0 Å². The number of hydrogen-bond donors (Lipinski definition) is 0. The van der Waals surface area contributed by atoms with Crippen molar-refractivity contribution in [1.82, 2.24) is 0 Å². The van der Waals surface area contributed by atoms with Gasteiger partial charge in [0.25, 0.3) is 0 Å². The lowest BCUT2D eigenvalue weighted by molar-refractivity contribution is -0.130. The van der Waals surface area contributed by atoms with E-state index in [-0.39, 0.29) is 0 Å². The topological polar surface area (TPSA) is 78.9 Å². The van der Waals surface area contributed by atoms with Crippen LogP contribution in [0.3, 0.4) is 0 Å². The molecule has 0 saturated carbocycles. The zero-order chi connectivity index (χ0) is 26.2. The van der Waals surface area contributed by atoms with E-state index in [2.05, 4.69) is 19.7 Å². The molecule has 3 aromatic rings. The normalized spacial score (nSPS) is 10.3. The van der Waals surface area contributed by atoms with Gasteiger partial charge in [0.1, 0.15) is 17.2 Å². The number of esters is 3. The van der Waals surface area contributed by atoms with E-state index in [0.29, 0.717) is 28.4 Å². The van der Waals surface area contributed by atoms with Gasteiger partial charge in [-0.2, -0.15) is 0 Å². The molecule has 0 amide bonds. The number of carbonyl (C=O) groups excluding carboxylic acids is 3.